The quantitative estimate of drug-likeness (QED) is 0.738. The molecule has 3 rings (SSSR count). The monoisotopic (exact) mass is 220 g/mol. The zero-order chi connectivity index (χ0) is 10.3. The van der Waals surface area contributed by atoms with Crippen molar-refractivity contribution in [3.63, 3.8) is 0 Å². The first-order valence-corrected chi connectivity index (χ1v) is 6.17. The molecule has 0 aliphatic carbocycles. The van der Waals surface area contributed by atoms with Gasteiger partial charge in [0.05, 0.1) is 17.4 Å². The minimum atomic E-state index is 0.518. The highest BCUT2D eigenvalue weighted by molar-refractivity contribution is 7.99. The second kappa shape index (κ2) is 3.48. The number of fused-ring (bicyclic) bond motifs is 1. The van der Waals surface area contributed by atoms with E-state index in [0.29, 0.717) is 5.37 Å². The van der Waals surface area contributed by atoms with Crippen molar-refractivity contribution >= 4 is 22.9 Å². The van der Waals surface area contributed by atoms with Gasteiger partial charge in [0.1, 0.15) is 11.8 Å². The van der Waals surface area contributed by atoms with Crippen LogP contribution in [0.3, 0.4) is 0 Å². The Morgan fingerprint density at radius 3 is 3.13 bits per heavy atom. The predicted octanol–water partition coefficient (Wildman–Crippen LogP) is 2.16. The van der Waals surface area contributed by atoms with Gasteiger partial charge in [0.2, 0.25) is 0 Å². The van der Waals surface area contributed by atoms with Crippen molar-refractivity contribution in [2.24, 2.45) is 0 Å². The van der Waals surface area contributed by atoms with Crippen molar-refractivity contribution in [2.45, 2.75) is 25.1 Å². The topological polar surface area (TPSA) is 43.6 Å². The number of nitrogens with zero attached hydrogens (tertiary/aromatic N) is 4. The molecular weight excluding hydrogens is 208 g/mol. The molecule has 1 aliphatic rings. The number of hydrogen-bond acceptors (Lipinski definition) is 4. The van der Waals surface area contributed by atoms with Gasteiger partial charge in [-0.2, -0.15) is 0 Å². The third-order valence-electron chi connectivity index (χ3n) is 2.76. The minimum absolute atomic E-state index is 0.518. The summed E-state index contributed by atoms with van der Waals surface area (Å²) in [7, 11) is 0. The molecule has 0 radical (unpaired) electrons. The molecule has 1 fully saturated rings. The molecule has 5 heteroatoms. The molecule has 0 saturated carbocycles. The summed E-state index contributed by atoms with van der Waals surface area (Å²) in [6.45, 7) is 1.98. The molecule has 0 N–H and O–H groups in total. The molecule has 2 aromatic rings. The van der Waals surface area contributed by atoms with Crippen LogP contribution in [-0.4, -0.2) is 25.3 Å². The maximum Gasteiger partial charge on any atom is 0.164 e. The molecule has 0 bridgehead atoms. The van der Waals surface area contributed by atoms with E-state index in [1.807, 2.05) is 25.0 Å². The van der Waals surface area contributed by atoms with E-state index in [4.69, 9.17) is 0 Å². The Morgan fingerprint density at radius 2 is 2.33 bits per heavy atom. The Balaban J connectivity index is 2.15. The van der Waals surface area contributed by atoms with Crippen LogP contribution in [0.5, 0.6) is 0 Å². The van der Waals surface area contributed by atoms with Gasteiger partial charge < -0.3 is 4.57 Å². The van der Waals surface area contributed by atoms with Gasteiger partial charge in [-0.3, -0.25) is 0 Å². The van der Waals surface area contributed by atoms with Crippen molar-refractivity contribution in [1.82, 2.24) is 19.5 Å². The van der Waals surface area contributed by atoms with Gasteiger partial charge in [-0.25, -0.2) is 15.0 Å². The van der Waals surface area contributed by atoms with Gasteiger partial charge in [0, 0.05) is 0 Å². The number of imidazole rings is 1. The van der Waals surface area contributed by atoms with E-state index >= 15 is 0 Å². The van der Waals surface area contributed by atoms with Gasteiger partial charge in [-0.1, -0.05) is 0 Å². The van der Waals surface area contributed by atoms with Crippen molar-refractivity contribution in [3.8, 4) is 0 Å². The first-order chi connectivity index (χ1) is 7.36. The van der Waals surface area contributed by atoms with Crippen LogP contribution in [0.2, 0.25) is 0 Å². The summed E-state index contributed by atoms with van der Waals surface area (Å²) >= 11 is 1.98. The molecule has 1 aliphatic heterocycles. The largest absolute Gasteiger partial charge is 0.302 e. The van der Waals surface area contributed by atoms with Crippen molar-refractivity contribution in [3.05, 3.63) is 18.3 Å². The second-order valence-electron chi connectivity index (χ2n) is 3.75. The fourth-order valence-electron chi connectivity index (χ4n) is 1.96. The number of rotatable bonds is 1. The van der Waals surface area contributed by atoms with E-state index in [9.17, 15) is 0 Å². The summed E-state index contributed by atoms with van der Waals surface area (Å²) in [5, 5.41) is 0.518. The Bertz CT molecular complexity index is 487. The van der Waals surface area contributed by atoms with Gasteiger partial charge in [-0.15, -0.1) is 11.8 Å². The van der Waals surface area contributed by atoms with Gasteiger partial charge in [0.25, 0.3) is 0 Å². The first-order valence-electron chi connectivity index (χ1n) is 5.12. The summed E-state index contributed by atoms with van der Waals surface area (Å²) in [4.78, 5) is 12.9. The fourth-order valence-corrected chi connectivity index (χ4v) is 3.21. The maximum absolute atomic E-state index is 4.39. The van der Waals surface area contributed by atoms with Crippen LogP contribution in [0.15, 0.2) is 12.7 Å². The summed E-state index contributed by atoms with van der Waals surface area (Å²) in [5.74, 6) is 1.24. The zero-order valence-corrected chi connectivity index (χ0v) is 9.37. The number of aryl methyl sites for hydroxylation is 1. The lowest BCUT2D eigenvalue weighted by Gasteiger charge is -2.10. The fraction of sp³-hybridized carbons (Fsp3) is 0.500. The van der Waals surface area contributed by atoms with E-state index in [-0.39, 0.29) is 0 Å². The molecule has 1 saturated heterocycles. The van der Waals surface area contributed by atoms with Crippen molar-refractivity contribution in [2.75, 3.05) is 5.75 Å². The minimum Gasteiger partial charge on any atom is -0.302 e. The number of thioether (sulfide) groups is 1. The van der Waals surface area contributed by atoms with Crippen LogP contribution in [0, 0.1) is 6.92 Å². The Labute approximate surface area is 92.1 Å². The molecule has 4 nitrogen and oxygen atoms in total. The van der Waals surface area contributed by atoms with E-state index < -0.39 is 0 Å². The number of hydrogen-bond donors (Lipinski definition) is 0. The van der Waals surface area contributed by atoms with E-state index in [0.717, 1.165) is 16.9 Å². The molecule has 78 valence electrons. The Hall–Kier alpha value is -1.10. The highest BCUT2D eigenvalue weighted by Crippen LogP contribution is 2.36. The van der Waals surface area contributed by atoms with Gasteiger partial charge in [0.15, 0.2) is 5.65 Å². The summed E-state index contributed by atoms with van der Waals surface area (Å²) in [6.07, 6.45) is 6.03. The Morgan fingerprint density at radius 1 is 1.40 bits per heavy atom. The smallest absolute Gasteiger partial charge is 0.164 e. The highest BCUT2D eigenvalue weighted by atomic mass is 32.2. The molecule has 2 aromatic heterocycles. The molecule has 0 aromatic carbocycles. The van der Waals surface area contributed by atoms with Crippen LogP contribution in [0.1, 0.15) is 23.9 Å². The number of aromatic nitrogens is 4. The van der Waals surface area contributed by atoms with E-state index in [1.54, 1.807) is 6.33 Å². The lowest BCUT2D eigenvalue weighted by Crippen LogP contribution is -2.01. The molecule has 15 heavy (non-hydrogen) atoms. The molecule has 3 heterocycles. The second-order valence-corrected chi connectivity index (χ2v) is 5.04. The third kappa shape index (κ3) is 1.42. The van der Waals surface area contributed by atoms with Gasteiger partial charge in [-0.05, 0) is 25.5 Å². The summed E-state index contributed by atoms with van der Waals surface area (Å²) < 4.78 is 2.18. The molecule has 0 amide bonds. The van der Waals surface area contributed by atoms with Crippen LogP contribution in [-0.2, 0) is 0 Å². The lowest BCUT2D eigenvalue weighted by molar-refractivity contribution is 0.654. The van der Waals surface area contributed by atoms with Crippen LogP contribution in [0.4, 0.5) is 0 Å². The molecule has 0 unspecified atom stereocenters. The summed E-state index contributed by atoms with van der Waals surface area (Å²) in [6, 6.07) is 0. The van der Waals surface area contributed by atoms with Crippen molar-refractivity contribution in [1.29, 1.82) is 0 Å². The standard InChI is InChI=1S/C10H12N4S/c1-7-9-10(12-5-11-7)14(6-13-9)8-3-2-4-15-8/h5-6,8H,2-4H2,1H3/t8-/m1/s1. The first kappa shape index (κ1) is 9.15. The lowest BCUT2D eigenvalue weighted by atomic mass is 10.3. The third-order valence-corrected chi connectivity index (χ3v) is 4.13. The van der Waals surface area contributed by atoms with Crippen LogP contribution >= 0.6 is 11.8 Å². The zero-order valence-electron chi connectivity index (χ0n) is 8.55. The maximum atomic E-state index is 4.39. The van der Waals surface area contributed by atoms with Gasteiger partial charge >= 0.3 is 0 Å². The van der Waals surface area contributed by atoms with Crippen LogP contribution < -0.4 is 0 Å². The van der Waals surface area contributed by atoms with E-state index in [2.05, 4.69) is 19.5 Å². The average Bonchev–Trinajstić information content (AvgIpc) is 2.85. The SMILES string of the molecule is Cc1ncnc2c1ncn2[C@H]1CCCS1. The highest BCUT2D eigenvalue weighted by Gasteiger charge is 2.20. The molecule has 0 spiro atoms. The van der Waals surface area contributed by atoms with E-state index in [1.165, 1.54) is 18.6 Å². The van der Waals surface area contributed by atoms with Crippen molar-refractivity contribution < 1.29 is 0 Å². The molecular formula is C10H12N4S. The summed E-state index contributed by atoms with van der Waals surface area (Å²) in [5.41, 5.74) is 2.87. The normalized spacial score (nSPS) is 21.3. The van der Waals surface area contributed by atoms with Crippen LogP contribution in [0.25, 0.3) is 11.2 Å². The average molecular weight is 220 g/mol. The Kier molecular flexibility index (Phi) is 2.12. The predicted molar refractivity (Wildman–Crippen MR) is 60.8 cm³/mol. The molecule has 1 atom stereocenters.